The van der Waals surface area contributed by atoms with Crippen molar-refractivity contribution in [3.8, 4) is 5.88 Å². The molecular formula is C9H7F6NO. The molecule has 1 aromatic heterocycles. The Hall–Kier alpha value is -1.47. The summed E-state index contributed by atoms with van der Waals surface area (Å²) in [5, 5.41) is 0. The highest BCUT2D eigenvalue weighted by Crippen LogP contribution is 2.36. The molecular weight excluding hydrogens is 252 g/mol. The van der Waals surface area contributed by atoms with E-state index in [4.69, 9.17) is 0 Å². The minimum absolute atomic E-state index is 0.0531. The molecule has 0 aliphatic heterocycles. The zero-order chi connectivity index (χ0) is 13.3. The first-order valence-electron chi connectivity index (χ1n) is 4.44. The second-order valence-electron chi connectivity index (χ2n) is 3.01. The summed E-state index contributed by atoms with van der Waals surface area (Å²) in [7, 11) is 0. The van der Waals surface area contributed by atoms with Gasteiger partial charge in [0.05, 0.1) is 12.2 Å². The lowest BCUT2D eigenvalue weighted by Crippen LogP contribution is -2.14. The van der Waals surface area contributed by atoms with Gasteiger partial charge >= 0.3 is 12.4 Å². The van der Waals surface area contributed by atoms with E-state index in [1.807, 2.05) is 0 Å². The van der Waals surface area contributed by atoms with Gasteiger partial charge in [-0.2, -0.15) is 26.3 Å². The van der Waals surface area contributed by atoms with Gasteiger partial charge < -0.3 is 4.74 Å². The Morgan fingerprint density at radius 2 is 1.65 bits per heavy atom. The monoisotopic (exact) mass is 259 g/mol. The molecule has 0 bridgehead atoms. The molecule has 0 saturated carbocycles. The van der Waals surface area contributed by atoms with Crippen LogP contribution >= 0.6 is 0 Å². The van der Waals surface area contributed by atoms with Crippen LogP contribution in [0.2, 0.25) is 0 Å². The Balaban J connectivity index is 3.29. The molecule has 0 aliphatic carbocycles. The summed E-state index contributed by atoms with van der Waals surface area (Å²) >= 11 is 0. The van der Waals surface area contributed by atoms with Crippen LogP contribution in [-0.4, -0.2) is 11.6 Å². The first kappa shape index (κ1) is 13.6. The third-order valence-corrected chi connectivity index (χ3v) is 1.71. The maximum Gasteiger partial charge on any atom is 0.433 e. The topological polar surface area (TPSA) is 22.1 Å². The molecule has 0 atom stereocenters. The fourth-order valence-electron chi connectivity index (χ4n) is 1.04. The fourth-order valence-corrected chi connectivity index (χ4v) is 1.04. The van der Waals surface area contributed by atoms with Crippen molar-refractivity contribution in [1.82, 2.24) is 4.98 Å². The fraction of sp³-hybridized carbons (Fsp3) is 0.444. The lowest BCUT2D eigenvalue weighted by Gasteiger charge is -2.12. The summed E-state index contributed by atoms with van der Waals surface area (Å²) in [6.45, 7) is 1.35. The molecule has 1 aromatic rings. The maximum absolute atomic E-state index is 12.3. The summed E-state index contributed by atoms with van der Waals surface area (Å²) in [5.74, 6) is -0.699. The molecule has 0 spiro atoms. The quantitative estimate of drug-likeness (QED) is 0.758. The second-order valence-corrected chi connectivity index (χ2v) is 3.01. The van der Waals surface area contributed by atoms with Crippen LogP contribution in [0.4, 0.5) is 26.3 Å². The van der Waals surface area contributed by atoms with Crippen molar-refractivity contribution in [3.63, 3.8) is 0 Å². The van der Waals surface area contributed by atoms with Gasteiger partial charge in [0.15, 0.2) is 0 Å². The molecule has 1 rings (SSSR count). The van der Waals surface area contributed by atoms with Crippen molar-refractivity contribution in [1.29, 1.82) is 0 Å². The van der Waals surface area contributed by atoms with E-state index in [1.54, 1.807) is 0 Å². The van der Waals surface area contributed by atoms with Gasteiger partial charge in [-0.15, -0.1) is 0 Å². The summed E-state index contributed by atoms with van der Waals surface area (Å²) < 4.78 is 78.4. The molecule has 0 aromatic carbocycles. The Labute approximate surface area is 92.2 Å². The molecule has 0 amide bonds. The van der Waals surface area contributed by atoms with E-state index in [0.717, 1.165) is 0 Å². The lowest BCUT2D eigenvalue weighted by atomic mass is 10.2. The van der Waals surface area contributed by atoms with Crippen LogP contribution in [0.5, 0.6) is 5.88 Å². The predicted octanol–water partition coefficient (Wildman–Crippen LogP) is 3.52. The third kappa shape index (κ3) is 3.50. The molecule has 8 heteroatoms. The van der Waals surface area contributed by atoms with Crippen molar-refractivity contribution >= 4 is 0 Å². The van der Waals surface area contributed by atoms with Gasteiger partial charge in [-0.05, 0) is 13.0 Å². The van der Waals surface area contributed by atoms with Crippen molar-refractivity contribution in [3.05, 3.63) is 23.4 Å². The van der Waals surface area contributed by atoms with Gasteiger partial charge in [-0.3, -0.25) is 0 Å². The Morgan fingerprint density at radius 1 is 1.06 bits per heavy atom. The predicted molar refractivity (Wildman–Crippen MR) is 45.4 cm³/mol. The number of hydrogen-bond donors (Lipinski definition) is 0. The first-order chi connectivity index (χ1) is 7.64. The van der Waals surface area contributed by atoms with E-state index in [-0.39, 0.29) is 12.7 Å². The summed E-state index contributed by atoms with van der Waals surface area (Å²) in [6, 6.07) is 0.376. The molecule has 0 radical (unpaired) electrons. The van der Waals surface area contributed by atoms with Crippen LogP contribution in [0.3, 0.4) is 0 Å². The van der Waals surface area contributed by atoms with Crippen molar-refractivity contribution in [2.45, 2.75) is 19.3 Å². The molecule has 0 saturated heterocycles. The molecule has 2 nitrogen and oxygen atoms in total. The smallest absolute Gasteiger partial charge is 0.433 e. The van der Waals surface area contributed by atoms with E-state index in [1.165, 1.54) is 6.92 Å². The number of rotatable bonds is 2. The summed E-state index contributed by atoms with van der Waals surface area (Å²) in [4.78, 5) is 2.96. The summed E-state index contributed by atoms with van der Waals surface area (Å²) in [6.07, 6.45) is -9.83. The number of ether oxygens (including phenoxy) is 1. The summed E-state index contributed by atoms with van der Waals surface area (Å²) in [5.41, 5.74) is -3.07. The molecule has 96 valence electrons. The van der Waals surface area contributed by atoms with Crippen LogP contribution < -0.4 is 4.74 Å². The van der Waals surface area contributed by atoms with Crippen LogP contribution in [0.1, 0.15) is 18.2 Å². The highest BCUT2D eigenvalue weighted by atomic mass is 19.4. The minimum Gasteiger partial charge on any atom is -0.478 e. The van der Waals surface area contributed by atoms with E-state index in [0.29, 0.717) is 6.07 Å². The molecule has 17 heavy (non-hydrogen) atoms. The van der Waals surface area contributed by atoms with Crippen molar-refractivity contribution < 1.29 is 31.1 Å². The normalized spacial score (nSPS) is 12.6. The minimum atomic E-state index is -4.95. The van der Waals surface area contributed by atoms with E-state index >= 15 is 0 Å². The number of aromatic nitrogens is 1. The van der Waals surface area contributed by atoms with Crippen LogP contribution in [0.25, 0.3) is 0 Å². The number of hydrogen-bond acceptors (Lipinski definition) is 2. The lowest BCUT2D eigenvalue weighted by molar-refractivity contribution is -0.145. The zero-order valence-electron chi connectivity index (χ0n) is 8.49. The van der Waals surface area contributed by atoms with Gasteiger partial charge in [-0.1, -0.05) is 0 Å². The molecule has 0 N–H and O–H groups in total. The van der Waals surface area contributed by atoms with Crippen LogP contribution in [0, 0.1) is 0 Å². The van der Waals surface area contributed by atoms with Gasteiger partial charge in [0.2, 0.25) is 5.88 Å². The second kappa shape index (κ2) is 4.42. The largest absolute Gasteiger partial charge is 0.478 e. The number of halogens is 6. The Morgan fingerprint density at radius 3 is 2.06 bits per heavy atom. The van der Waals surface area contributed by atoms with Gasteiger partial charge in [0.1, 0.15) is 5.69 Å². The number of alkyl halides is 6. The van der Waals surface area contributed by atoms with Gasteiger partial charge in [0.25, 0.3) is 0 Å². The van der Waals surface area contributed by atoms with Crippen LogP contribution in [0.15, 0.2) is 12.1 Å². The molecule has 0 unspecified atom stereocenters. The maximum atomic E-state index is 12.3. The van der Waals surface area contributed by atoms with Gasteiger partial charge in [0, 0.05) is 6.07 Å². The van der Waals surface area contributed by atoms with Crippen molar-refractivity contribution in [2.75, 3.05) is 6.61 Å². The average Bonchev–Trinajstić information content (AvgIpc) is 2.15. The van der Waals surface area contributed by atoms with Gasteiger partial charge in [-0.25, -0.2) is 4.98 Å². The first-order valence-corrected chi connectivity index (χ1v) is 4.44. The highest BCUT2D eigenvalue weighted by molar-refractivity contribution is 5.28. The van der Waals surface area contributed by atoms with E-state index in [2.05, 4.69) is 9.72 Å². The molecule has 0 fully saturated rings. The standard InChI is InChI=1S/C9H7F6NO/c1-2-17-7-4-5(8(10,11)12)3-6(16-7)9(13,14)15/h3-4H,2H2,1H3. The zero-order valence-corrected chi connectivity index (χ0v) is 8.49. The van der Waals surface area contributed by atoms with Crippen molar-refractivity contribution in [2.24, 2.45) is 0 Å². The van der Waals surface area contributed by atoms with E-state index in [9.17, 15) is 26.3 Å². The third-order valence-electron chi connectivity index (χ3n) is 1.71. The number of nitrogens with zero attached hydrogens (tertiary/aromatic N) is 1. The molecule has 1 heterocycles. The average molecular weight is 259 g/mol. The number of pyridine rings is 1. The van der Waals surface area contributed by atoms with E-state index < -0.39 is 29.5 Å². The Kier molecular flexibility index (Phi) is 3.53. The molecule has 0 aliphatic rings. The van der Waals surface area contributed by atoms with Crippen LogP contribution in [-0.2, 0) is 12.4 Å². The Bertz CT molecular complexity index is 365. The SMILES string of the molecule is CCOc1cc(C(F)(F)F)cc(C(F)(F)F)n1. The highest BCUT2D eigenvalue weighted by Gasteiger charge is 2.38.